The predicted molar refractivity (Wildman–Crippen MR) is 119 cm³/mol. The second-order valence-corrected chi connectivity index (χ2v) is 8.67. The minimum Gasteiger partial charge on any atom is -0.492 e. The van der Waals surface area contributed by atoms with E-state index in [1.165, 1.54) is 17.3 Å². The van der Waals surface area contributed by atoms with Crippen LogP contribution in [0.5, 0.6) is 5.75 Å². The zero-order valence-corrected chi connectivity index (χ0v) is 18.1. The van der Waals surface area contributed by atoms with E-state index in [1.807, 2.05) is 56.3 Å². The minimum absolute atomic E-state index is 0.0885. The Morgan fingerprint density at radius 2 is 1.90 bits per heavy atom. The van der Waals surface area contributed by atoms with Gasteiger partial charge in [0.15, 0.2) is 5.16 Å². The van der Waals surface area contributed by atoms with Crippen LogP contribution < -0.4 is 10.1 Å². The van der Waals surface area contributed by atoms with Crippen LogP contribution >= 0.6 is 11.8 Å². The van der Waals surface area contributed by atoms with Gasteiger partial charge in [0.1, 0.15) is 11.6 Å². The van der Waals surface area contributed by atoms with Crippen LogP contribution in [-0.4, -0.2) is 32.5 Å². The number of aromatic nitrogens is 3. The summed E-state index contributed by atoms with van der Waals surface area (Å²) in [5.41, 5.74) is 1.88. The summed E-state index contributed by atoms with van der Waals surface area (Å²) in [7, 11) is 0. The summed E-state index contributed by atoms with van der Waals surface area (Å²) < 4.78 is 7.77. The van der Waals surface area contributed by atoms with Crippen molar-refractivity contribution in [1.82, 2.24) is 14.8 Å². The first kappa shape index (κ1) is 20.5. The van der Waals surface area contributed by atoms with Crippen molar-refractivity contribution in [1.29, 1.82) is 0 Å². The van der Waals surface area contributed by atoms with Crippen LogP contribution in [0.2, 0.25) is 0 Å². The number of nitrogens with zero attached hydrogens (tertiary/aromatic N) is 3. The Labute approximate surface area is 181 Å². The molecule has 0 unspecified atom stereocenters. The zero-order valence-electron chi connectivity index (χ0n) is 17.2. The lowest BCUT2D eigenvalue weighted by atomic mass is 10.2. The highest BCUT2D eigenvalue weighted by atomic mass is 32.2. The zero-order chi connectivity index (χ0) is 20.9. The second-order valence-electron chi connectivity index (χ2n) is 7.37. The van der Waals surface area contributed by atoms with E-state index in [0.717, 1.165) is 23.8 Å². The molecule has 1 saturated carbocycles. The first-order chi connectivity index (χ1) is 14.7. The summed E-state index contributed by atoms with van der Waals surface area (Å²) in [4.78, 5) is 12.9. The van der Waals surface area contributed by atoms with Gasteiger partial charge in [-0.25, -0.2) is 0 Å². The van der Waals surface area contributed by atoms with Crippen LogP contribution in [0.3, 0.4) is 0 Å². The fourth-order valence-electron chi connectivity index (χ4n) is 3.24. The maximum atomic E-state index is 12.9. The number of anilines is 1. The molecule has 0 radical (unpaired) electrons. The van der Waals surface area contributed by atoms with Gasteiger partial charge in [-0.1, -0.05) is 54.2 Å². The number of hydrogen-bond acceptors (Lipinski definition) is 5. The summed E-state index contributed by atoms with van der Waals surface area (Å²) >= 11 is 1.44. The molecule has 0 saturated heterocycles. The van der Waals surface area contributed by atoms with Gasteiger partial charge in [-0.15, -0.1) is 10.2 Å². The van der Waals surface area contributed by atoms with E-state index < -0.39 is 0 Å². The molecule has 4 rings (SSSR count). The first-order valence-corrected chi connectivity index (χ1v) is 11.2. The van der Waals surface area contributed by atoms with Crippen molar-refractivity contribution in [2.24, 2.45) is 0 Å². The molecule has 6 nitrogen and oxygen atoms in total. The largest absolute Gasteiger partial charge is 0.492 e. The summed E-state index contributed by atoms with van der Waals surface area (Å²) in [5, 5.41) is 12.3. The SMILES string of the molecule is CCOc1ccccc1NC(=O)[C@H](C)Sc1nnc(C2CC2)n1Cc1ccccc1. The third-order valence-corrected chi connectivity index (χ3v) is 6.05. The summed E-state index contributed by atoms with van der Waals surface area (Å²) in [6.07, 6.45) is 2.31. The van der Waals surface area contributed by atoms with Crippen LogP contribution in [-0.2, 0) is 11.3 Å². The lowest BCUT2D eigenvalue weighted by molar-refractivity contribution is -0.115. The van der Waals surface area contributed by atoms with Gasteiger partial charge in [0, 0.05) is 5.92 Å². The van der Waals surface area contributed by atoms with Gasteiger partial charge in [0.05, 0.1) is 24.1 Å². The van der Waals surface area contributed by atoms with E-state index in [1.54, 1.807) is 0 Å². The van der Waals surface area contributed by atoms with Crippen LogP contribution in [0.25, 0.3) is 0 Å². The maximum Gasteiger partial charge on any atom is 0.237 e. The molecule has 3 aromatic rings. The summed E-state index contributed by atoms with van der Waals surface area (Å²) in [6.45, 7) is 5.07. The van der Waals surface area contributed by atoms with Gasteiger partial charge in [0.2, 0.25) is 5.91 Å². The van der Waals surface area contributed by atoms with Gasteiger partial charge >= 0.3 is 0 Å². The Kier molecular flexibility index (Phi) is 6.38. The number of ether oxygens (including phenoxy) is 1. The standard InChI is InChI=1S/C23H26N4O2S/c1-3-29-20-12-8-7-11-19(20)24-22(28)16(2)30-23-26-25-21(18-13-14-18)27(23)15-17-9-5-4-6-10-17/h4-12,16,18H,3,13-15H2,1-2H3,(H,24,28)/t16-/m0/s1. The molecule has 1 fully saturated rings. The Bertz CT molecular complexity index is 1000. The first-order valence-electron chi connectivity index (χ1n) is 10.3. The van der Waals surface area contributed by atoms with E-state index >= 15 is 0 Å². The van der Waals surface area contributed by atoms with Crippen molar-refractivity contribution in [3.8, 4) is 5.75 Å². The molecule has 0 bridgehead atoms. The monoisotopic (exact) mass is 422 g/mol. The molecule has 1 aromatic heterocycles. The van der Waals surface area contributed by atoms with Crippen molar-refractivity contribution >= 4 is 23.4 Å². The Hall–Kier alpha value is -2.80. The molecule has 0 spiro atoms. The predicted octanol–water partition coefficient (Wildman–Crippen LogP) is 4.72. The molecule has 1 aliphatic carbocycles. The number of nitrogens with one attached hydrogen (secondary N) is 1. The Morgan fingerprint density at radius 3 is 2.63 bits per heavy atom. The van der Waals surface area contributed by atoms with E-state index in [2.05, 4.69) is 32.2 Å². The molecular formula is C23H26N4O2S. The van der Waals surface area contributed by atoms with E-state index in [9.17, 15) is 4.79 Å². The lowest BCUT2D eigenvalue weighted by Gasteiger charge is -2.15. The molecule has 1 N–H and O–H groups in total. The van der Waals surface area contributed by atoms with Gasteiger partial charge < -0.3 is 14.6 Å². The maximum absolute atomic E-state index is 12.9. The number of benzene rings is 2. The van der Waals surface area contributed by atoms with Gasteiger partial charge in [0.25, 0.3) is 0 Å². The molecule has 1 atom stereocenters. The number of carbonyl (C=O) groups is 1. The highest BCUT2D eigenvalue weighted by Gasteiger charge is 2.31. The van der Waals surface area contributed by atoms with Gasteiger partial charge in [-0.3, -0.25) is 4.79 Å². The highest BCUT2D eigenvalue weighted by molar-refractivity contribution is 8.00. The summed E-state index contributed by atoms with van der Waals surface area (Å²) in [5.74, 6) is 2.09. The lowest BCUT2D eigenvalue weighted by Crippen LogP contribution is -2.23. The fraction of sp³-hybridized carbons (Fsp3) is 0.348. The van der Waals surface area contributed by atoms with Crippen LogP contribution in [0.15, 0.2) is 59.8 Å². The molecular weight excluding hydrogens is 396 g/mol. The number of carbonyl (C=O) groups excluding carboxylic acids is 1. The van der Waals surface area contributed by atoms with Crippen LogP contribution in [0, 0.1) is 0 Å². The van der Waals surface area contributed by atoms with Crippen molar-refractivity contribution in [3.63, 3.8) is 0 Å². The number of hydrogen-bond donors (Lipinski definition) is 1. The summed E-state index contributed by atoms with van der Waals surface area (Å²) in [6, 6.07) is 17.8. The molecule has 1 amide bonds. The Morgan fingerprint density at radius 1 is 1.17 bits per heavy atom. The molecule has 0 aliphatic heterocycles. The van der Waals surface area contributed by atoms with E-state index in [-0.39, 0.29) is 11.2 Å². The molecule has 7 heteroatoms. The number of thioether (sulfide) groups is 1. The van der Waals surface area contributed by atoms with Gasteiger partial charge in [-0.2, -0.15) is 0 Å². The third-order valence-electron chi connectivity index (χ3n) is 4.97. The quantitative estimate of drug-likeness (QED) is 0.505. The molecule has 156 valence electrons. The topological polar surface area (TPSA) is 69.0 Å². The number of para-hydroxylation sites is 2. The van der Waals surface area contributed by atoms with E-state index in [4.69, 9.17) is 4.74 Å². The molecule has 1 aliphatic rings. The van der Waals surface area contributed by atoms with Crippen LogP contribution in [0.4, 0.5) is 5.69 Å². The van der Waals surface area contributed by atoms with Gasteiger partial charge in [-0.05, 0) is 44.4 Å². The third kappa shape index (κ3) is 4.84. The number of rotatable bonds is 9. The normalized spacial score (nSPS) is 14.3. The number of amides is 1. The molecule has 30 heavy (non-hydrogen) atoms. The smallest absolute Gasteiger partial charge is 0.237 e. The van der Waals surface area contributed by atoms with Crippen molar-refractivity contribution < 1.29 is 9.53 Å². The second kappa shape index (κ2) is 9.34. The Balaban J connectivity index is 1.49. The van der Waals surface area contributed by atoms with Crippen molar-refractivity contribution in [2.45, 2.75) is 49.6 Å². The minimum atomic E-state index is -0.328. The van der Waals surface area contributed by atoms with Crippen LogP contribution in [0.1, 0.15) is 44.0 Å². The molecule has 2 aromatic carbocycles. The average Bonchev–Trinajstić information content (AvgIpc) is 3.53. The molecule has 1 heterocycles. The van der Waals surface area contributed by atoms with Crippen molar-refractivity contribution in [2.75, 3.05) is 11.9 Å². The highest BCUT2D eigenvalue weighted by Crippen LogP contribution is 2.40. The fourth-order valence-corrected chi connectivity index (χ4v) is 4.10. The van der Waals surface area contributed by atoms with Crippen molar-refractivity contribution in [3.05, 3.63) is 66.0 Å². The average molecular weight is 423 g/mol. The van der Waals surface area contributed by atoms with E-state index in [0.29, 0.717) is 30.5 Å².